The summed E-state index contributed by atoms with van der Waals surface area (Å²) in [6.07, 6.45) is 12.0. The van der Waals surface area contributed by atoms with Gasteiger partial charge in [-0.3, -0.25) is 0 Å². The predicted molar refractivity (Wildman–Crippen MR) is 59.5 cm³/mol. The second kappa shape index (κ2) is 3.95. The molecule has 0 aromatic heterocycles. The summed E-state index contributed by atoms with van der Waals surface area (Å²) >= 11 is 0. The van der Waals surface area contributed by atoms with E-state index in [1.54, 1.807) is 0 Å². The Kier molecular flexibility index (Phi) is 3.13. The molecule has 1 aliphatic carbocycles. The van der Waals surface area contributed by atoms with Gasteiger partial charge in [0.05, 0.1) is 0 Å². The quantitative estimate of drug-likeness (QED) is 0.441. The molecule has 0 fully saturated rings. The molecule has 13 heavy (non-hydrogen) atoms. The largest absolute Gasteiger partial charge is 0.0991 e. The van der Waals surface area contributed by atoms with Crippen molar-refractivity contribution in [2.24, 2.45) is 17.3 Å². The van der Waals surface area contributed by atoms with E-state index in [1.807, 2.05) is 6.08 Å². The molecule has 2 unspecified atom stereocenters. The van der Waals surface area contributed by atoms with Crippen molar-refractivity contribution in [2.45, 2.75) is 27.2 Å². The van der Waals surface area contributed by atoms with Crippen LogP contribution >= 0.6 is 0 Å². The van der Waals surface area contributed by atoms with E-state index in [-0.39, 0.29) is 0 Å². The Morgan fingerprint density at radius 2 is 2.15 bits per heavy atom. The van der Waals surface area contributed by atoms with E-state index in [4.69, 9.17) is 0 Å². The highest BCUT2D eigenvalue weighted by Crippen LogP contribution is 2.41. The Labute approximate surface area is 82.0 Å². The van der Waals surface area contributed by atoms with Crippen LogP contribution in [0.3, 0.4) is 0 Å². The minimum atomic E-state index is 0.397. The number of rotatable bonds is 2. The highest BCUT2D eigenvalue weighted by Gasteiger charge is 2.31. The molecule has 0 heteroatoms. The maximum atomic E-state index is 3.71. The standard InChI is InChI=1S/C13H20/c1-5-6-9-12-11(2)8-7-10-13(12,3)4/h5-9,11-12H,1,10H2,2-4H3/b9-6+. The van der Waals surface area contributed by atoms with Gasteiger partial charge in [-0.2, -0.15) is 0 Å². The summed E-state index contributed by atoms with van der Waals surface area (Å²) in [5.74, 6) is 1.30. The van der Waals surface area contributed by atoms with E-state index in [1.165, 1.54) is 6.42 Å². The molecule has 0 radical (unpaired) electrons. The maximum absolute atomic E-state index is 3.71. The summed E-state index contributed by atoms with van der Waals surface area (Å²) in [6.45, 7) is 10.7. The number of allylic oxidation sites excluding steroid dienone is 5. The Balaban J connectivity index is 2.83. The van der Waals surface area contributed by atoms with Gasteiger partial charge in [0.15, 0.2) is 0 Å². The normalized spacial score (nSPS) is 32.2. The van der Waals surface area contributed by atoms with Gasteiger partial charge in [0.1, 0.15) is 0 Å². The van der Waals surface area contributed by atoms with Crippen molar-refractivity contribution in [3.8, 4) is 0 Å². The molecule has 0 saturated carbocycles. The lowest BCUT2D eigenvalue weighted by Gasteiger charge is -2.38. The molecule has 2 atom stereocenters. The smallest absolute Gasteiger partial charge is 0.0116 e. The number of hydrogen-bond acceptors (Lipinski definition) is 0. The van der Waals surface area contributed by atoms with E-state index in [2.05, 4.69) is 51.7 Å². The predicted octanol–water partition coefficient (Wildman–Crippen LogP) is 3.97. The van der Waals surface area contributed by atoms with Gasteiger partial charge in [-0.1, -0.05) is 57.7 Å². The highest BCUT2D eigenvalue weighted by molar-refractivity contribution is 5.12. The van der Waals surface area contributed by atoms with Crippen LogP contribution in [0.2, 0.25) is 0 Å². The molecule has 0 aliphatic heterocycles. The molecule has 72 valence electrons. The van der Waals surface area contributed by atoms with Crippen molar-refractivity contribution in [1.29, 1.82) is 0 Å². The van der Waals surface area contributed by atoms with Gasteiger partial charge < -0.3 is 0 Å². The molecular formula is C13H20. The Morgan fingerprint density at radius 1 is 1.46 bits per heavy atom. The molecule has 0 N–H and O–H groups in total. The van der Waals surface area contributed by atoms with Crippen LogP contribution in [-0.4, -0.2) is 0 Å². The van der Waals surface area contributed by atoms with Crippen LogP contribution in [0, 0.1) is 17.3 Å². The van der Waals surface area contributed by atoms with Crippen molar-refractivity contribution in [2.75, 3.05) is 0 Å². The minimum Gasteiger partial charge on any atom is -0.0991 e. The van der Waals surface area contributed by atoms with Crippen molar-refractivity contribution >= 4 is 0 Å². The molecule has 0 aromatic carbocycles. The third-order valence-electron chi connectivity index (χ3n) is 3.01. The lowest BCUT2D eigenvalue weighted by atomic mass is 9.67. The zero-order valence-corrected chi connectivity index (χ0v) is 8.96. The number of hydrogen-bond donors (Lipinski definition) is 0. The van der Waals surface area contributed by atoms with E-state index in [9.17, 15) is 0 Å². The van der Waals surface area contributed by atoms with Crippen LogP contribution in [0.4, 0.5) is 0 Å². The van der Waals surface area contributed by atoms with Gasteiger partial charge in [0.25, 0.3) is 0 Å². The summed E-state index contributed by atoms with van der Waals surface area (Å²) in [5, 5.41) is 0. The van der Waals surface area contributed by atoms with Crippen LogP contribution in [-0.2, 0) is 0 Å². The first-order chi connectivity index (χ1) is 6.08. The first-order valence-corrected chi connectivity index (χ1v) is 5.04. The van der Waals surface area contributed by atoms with Gasteiger partial charge in [-0.05, 0) is 23.7 Å². The highest BCUT2D eigenvalue weighted by atomic mass is 14.4. The molecule has 0 saturated heterocycles. The van der Waals surface area contributed by atoms with Crippen LogP contribution in [0.25, 0.3) is 0 Å². The Morgan fingerprint density at radius 3 is 2.69 bits per heavy atom. The van der Waals surface area contributed by atoms with Gasteiger partial charge >= 0.3 is 0 Å². The van der Waals surface area contributed by atoms with Crippen LogP contribution in [0.15, 0.2) is 37.0 Å². The molecule has 0 aromatic rings. The van der Waals surface area contributed by atoms with Crippen molar-refractivity contribution < 1.29 is 0 Å². The van der Waals surface area contributed by atoms with E-state index in [0.717, 1.165) is 0 Å². The lowest BCUT2D eigenvalue weighted by Crippen LogP contribution is -2.29. The Bertz CT molecular complexity index is 230. The SMILES string of the molecule is C=C/C=C/C1C(C)C=CCC1(C)C. The van der Waals surface area contributed by atoms with Gasteiger partial charge in [-0.25, -0.2) is 0 Å². The van der Waals surface area contributed by atoms with Crippen molar-refractivity contribution in [3.63, 3.8) is 0 Å². The van der Waals surface area contributed by atoms with Crippen LogP contribution in [0.5, 0.6) is 0 Å². The van der Waals surface area contributed by atoms with E-state index < -0.39 is 0 Å². The topological polar surface area (TPSA) is 0 Å². The second-order valence-electron chi connectivity index (χ2n) is 4.63. The van der Waals surface area contributed by atoms with E-state index in [0.29, 0.717) is 17.3 Å². The summed E-state index contributed by atoms with van der Waals surface area (Å²) < 4.78 is 0. The zero-order chi connectivity index (χ0) is 9.90. The van der Waals surface area contributed by atoms with Crippen LogP contribution < -0.4 is 0 Å². The summed E-state index contributed by atoms with van der Waals surface area (Å²) in [7, 11) is 0. The van der Waals surface area contributed by atoms with E-state index >= 15 is 0 Å². The Hall–Kier alpha value is -0.780. The fourth-order valence-corrected chi connectivity index (χ4v) is 2.19. The molecule has 1 rings (SSSR count). The second-order valence-corrected chi connectivity index (χ2v) is 4.63. The molecule has 0 nitrogen and oxygen atoms in total. The molecule has 1 aliphatic rings. The third kappa shape index (κ3) is 2.33. The maximum Gasteiger partial charge on any atom is -0.0116 e. The van der Waals surface area contributed by atoms with Crippen LogP contribution in [0.1, 0.15) is 27.2 Å². The minimum absolute atomic E-state index is 0.397. The molecule has 0 heterocycles. The average molecular weight is 176 g/mol. The van der Waals surface area contributed by atoms with Crippen molar-refractivity contribution in [3.05, 3.63) is 37.0 Å². The molecular weight excluding hydrogens is 156 g/mol. The lowest BCUT2D eigenvalue weighted by molar-refractivity contribution is 0.207. The fourth-order valence-electron chi connectivity index (χ4n) is 2.19. The average Bonchev–Trinajstić information content (AvgIpc) is 2.02. The van der Waals surface area contributed by atoms with Gasteiger partial charge in [-0.15, -0.1) is 0 Å². The van der Waals surface area contributed by atoms with Gasteiger partial charge in [0.2, 0.25) is 0 Å². The third-order valence-corrected chi connectivity index (χ3v) is 3.01. The monoisotopic (exact) mass is 176 g/mol. The summed E-state index contributed by atoms with van der Waals surface area (Å²) in [6, 6.07) is 0. The summed E-state index contributed by atoms with van der Waals surface area (Å²) in [4.78, 5) is 0. The fraction of sp³-hybridized carbons (Fsp3) is 0.538. The van der Waals surface area contributed by atoms with Crippen molar-refractivity contribution in [1.82, 2.24) is 0 Å². The first kappa shape index (κ1) is 10.3. The van der Waals surface area contributed by atoms with Gasteiger partial charge in [0, 0.05) is 0 Å². The first-order valence-electron chi connectivity index (χ1n) is 5.04. The molecule has 0 bridgehead atoms. The zero-order valence-electron chi connectivity index (χ0n) is 8.96. The molecule has 0 spiro atoms. The molecule has 0 amide bonds. The summed E-state index contributed by atoms with van der Waals surface area (Å²) in [5.41, 5.74) is 0.397.